The molecule has 0 spiro atoms. The Morgan fingerprint density at radius 3 is 2.30 bits per heavy atom. The first kappa shape index (κ1) is 14.7. The zero-order valence-corrected chi connectivity index (χ0v) is 12.3. The van der Waals surface area contributed by atoms with E-state index >= 15 is 0 Å². The number of aromatic nitrogens is 1. The van der Waals surface area contributed by atoms with Crippen molar-refractivity contribution in [3.63, 3.8) is 0 Å². The molecule has 2 rings (SSSR count). The Morgan fingerprint density at radius 2 is 1.75 bits per heavy atom. The fourth-order valence-corrected chi connectivity index (χ4v) is 2.45. The van der Waals surface area contributed by atoms with Crippen molar-refractivity contribution in [1.82, 2.24) is 9.88 Å². The Morgan fingerprint density at radius 1 is 1.10 bits per heavy atom. The molecule has 1 atom stereocenters. The van der Waals surface area contributed by atoms with Crippen molar-refractivity contribution in [2.24, 2.45) is 5.73 Å². The molecule has 0 saturated heterocycles. The second-order valence-electron chi connectivity index (χ2n) is 5.08. The van der Waals surface area contributed by atoms with Crippen LogP contribution in [0.2, 0.25) is 0 Å². The molecule has 0 fully saturated rings. The zero-order valence-electron chi connectivity index (χ0n) is 12.3. The monoisotopic (exact) mass is 269 g/mol. The summed E-state index contributed by atoms with van der Waals surface area (Å²) in [6.45, 7) is 6.78. The second kappa shape index (κ2) is 7.17. The second-order valence-corrected chi connectivity index (χ2v) is 5.08. The lowest BCUT2D eigenvalue weighted by atomic mass is 10.0. The molecule has 106 valence electrons. The summed E-state index contributed by atoms with van der Waals surface area (Å²) in [5, 5.41) is 0. The molecular formula is C17H23N3. The quantitative estimate of drug-likeness (QED) is 0.876. The van der Waals surface area contributed by atoms with E-state index in [2.05, 4.69) is 60.1 Å². The van der Waals surface area contributed by atoms with Crippen LogP contribution in [0.5, 0.6) is 0 Å². The Balaban J connectivity index is 2.17. The van der Waals surface area contributed by atoms with Gasteiger partial charge in [-0.3, -0.25) is 9.88 Å². The number of hydrogen-bond donors (Lipinski definition) is 1. The van der Waals surface area contributed by atoms with Crippen molar-refractivity contribution in [2.75, 3.05) is 13.1 Å². The van der Waals surface area contributed by atoms with E-state index in [4.69, 9.17) is 5.73 Å². The summed E-state index contributed by atoms with van der Waals surface area (Å²) >= 11 is 0. The molecule has 3 nitrogen and oxygen atoms in total. The Labute approximate surface area is 121 Å². The average Bonchev–Trinajstić information content (AvgIpc) is 2.49. The van der Waals surface area contributed by atoms with Crippen LogP contribution in [-0.4, -0.2) is 23.0 Å². The summed E-state index contributed by atoms with van der Waals surface area (Å²) in [4.78, 5) is 6.47. The van der Waals surface area contributed by atoms with Crippen LogP contribution in [0.15, 0.2) is 48.8 Å². The molecule has 3 heteroatoms. The molecule has 0 aliphatic heterocycles. The molecule has 0 aliphatic rings. The van der Waals surface area contributed by atoms with Crippen molar-refractivity contribution in [3.8, 4) is 0 Å². The van der Waals surface area contributed by atoms with Gasteiger partial charge in [-0.2, -0.15) is 0 Å². The Kier molecular flexibility index (Phi) is 5.27. The number of hydrogen-bond acceptors (Lipinski definition) is 3. The largest absolute Gasteiger partial charge is 0.329 e. The maximum atomic E-state index is 6.02. The minimum atomic E-state index is 0.258. The van der Waals surface area contributed by atoms with E-state index < -0.39 is 0 Å². The van der Waals surface area contributed by atoms with Crippen LogP contribution in [0.4, 0.5) is 0 Å². The van der Waals surface area contributed by atoms with Crippen LogP contribution < -0.4 is 5.73 Å². The number of aryl methyl sites for hydroxylation is 1. The molecule has 20 heavy (non-hydrogen) atoms. The molecule has 0 radical (unpaired) electrons. The lowest BCUT2D eigenvalue weighted by Gasteiger charge is -2.30. The van der Waals surface area contributed by atoms with Gasteiger partial charge in [0, 0.05) is 31.5 Å². The summed E-state index contributed by atoms with van der Waals surface area (Å²) < 4.78 is 0. The van der Waals surface area contributed by atoms with E-state index in [1.54, 1.807) is 0 Å². The first-order valence-corrected chi connectivity index (χ1v) is 7.14. The molecule has 1 aromatic heterocycles. The minimum absolute atomic E-state index is 0.258. The Hall–Kier alpha value is -1.71. The lowest BCUT2D eigenvalue weighted by Crippen LogP contribution is -2.33. The van der Waals surface area contributed by atoms with Crippen LogP contribution in [0, 0.1) is 6.92 Å². The predicted octanol–water partition coefficient (Wildman–Crippen LogP) is 2.91. The number of pyridine rings is 1. The number of rotatable bonds is 6. The van der Waals surface area contributed by atoms with Gasteiger partial charge >= 0.3 is 0 Å². The fraction of sp³-hybridized carbons (Fsp3) is 0.353. The van der Waals surface area contributed by atoms with Crippen LogP contribution in [0.3, 0.4) is 0 Å². The van der Waals surface area contributed by atoms with Crippen molar-refractivity contribution in [3.05, 3.63) is 65.5 Å². The smallest absolute Gasteiger partial charge is 0.0473 e. The van der Waals surface area contributed by atoms with Crippen molar-refractivity contribution in [1.29, 1.82) is 0 Å². The van der Waals surface area contributed by atoms with Gasteiger partial charge < -0.3 is 5.73 Å². The fourth-order valence-electron chi connectivity index (χ4n) is 2.45. The number of nitrogens with zero attached hydrogens (tertiary/aromatic N) is 2. The van der Waals surface area contributed by atoms with Gasteiger partial charge in [0.05, 0.1) is 0 Å². The van der Waals surface area contributed by atoms with Gasteiger partial charge in [0.25, 0.3) is 0 Å². The topological polar surface area (TPSA) is 42.2 Å². The molecule has 1 heterocycles. The standard InChI is InChI=1S/C17H23N3/c1-3-20(13-15-8-10-19-11-9-15)17(12-18)16-6-4-14(2)5-7-16/h4-11,17H,3,12-13,18H2,1-2H3. The third kappa shape index (κ3) is 3.65. The van der Waals surface area contributed by atoms with Gasteiger partial charge in [-0.1, -0.05) is 36.8 Å². The molecule has 2 aromatic rings. The maximum Gasteiger partial charge on any atom is 0.0473 e. The first-order chi connectivity index (χ1) is 9.74. The van der Waals surface area contributed by atoms with Crippen LogP contribution in [-0.2, 0) is 6.54 Å². The number of likely N-dealkylation sites (N-methyl/N-ethyl adjacent to an activating group) is 1. The van der Waals surface area contributed by atoms with Crippen molar-refractivity contribution >= 4 is 0 Å². The average molecular weight is 269 g/mol. The van der Waals surface area contributed by atoms with Crippen LogP contribution >= 0.6 is 0 Å². The highest BCUT2D eigenvalue weighted by Gasteiger charge is 2.17. The van der Waals surface area contributed by atoms with E-state index in [-0.39, 0.29) is 6.04 Å². The molecule has 1 aromatic carbocycles. The summed E-state index contributed by atoms with van der Waals surface area (Å²) in [7, 11) is 0. The van der Waals surface area contributed by atoms with Gasteiger partial charge in [0.2, 0.25) is 0 Å². The van der Waals surface area contributed by atoms with Gasteiger partial charge in [-0.05, 0) is 36.7 Å². The third-order valence-corrected chi connectivity index (χ3v) is 3.67. The zero-order chi connectivity index (χ0) is 14.4. The highest BCUT2D eigenvalue weighted by atomic mass is 15.2. The van der Waals surface area contributed by atoms with Gasteiger partial charge in [-0.25, -0.2) is 0 Å². The minimum Gasteiger partial charge on any atom is -0.329 e. The maximum absolute atomic E-state index is 6.02. The Bertz CT molecular complexity index is 508. The van der Waals surface area contributed by atoms with E-state index in [1.165, 1.54) is 16.7 Å². The normalized spacial score (nSPS) is 12.6. The molecular weight excluding hydrogens is 246 g/mol. The number of benzene rings is 1. The molecule has 0 bridgehead atoms. The molecule has 0 saturated carbocycles. The van der Waals surface area contributed by atoms with Crippen LogP contribution in [0.25, 0.3) is 0 Å². The van der Waals surface area contributed by atoms with Gasteiger partial charge in [-0.15, -0.1) is 0 Å². The van der Waals surface area contributed by atoms with Gasteiger partial charge in [0.15, 0.2) is 0 Å². The predicted molar refractivity (Wildman–Crippen MR) is 83.3 cm³/mol. The molecule has 2 N–H and O–H groups in total. The number of nitrogens with two attached hydrogens (primary N) is 1. The summed E-state index contributed by atoms with van der Waals surface area (Å²) in [6, 6.07) is 13.0. The summed E-state index contributed by atoms with van der Waals surface area (Å²) in [5.74, 6) is 0. The molecule has 1 unspecified atom stereocenters. The SMILES string of the molecule is CCN(Cc1ccncc1)C(CN)c1ccc(C)cc1. The van der Waals surface area contributed by atoms with Crippen LogP contribution in [0.1, 0.15) is 29.7 Å². The third-order valence-electron chi connectivity index (χ3n) is 3.67. The van der Waals surface area contributed by atoms with E-state index in [9.17, 15) is 0 Å². The highest BCUT2D eigenvalue weighted by molar-refractivity contribution is 5.25. The highest BCUT2D eigenvalue weighted by Crippen LogP contribution is 2.22. The van der Waals surface area contributed by atoms with E-state index in [1.807, 2.05) is 12.4 Å². The summed E-state index contributed by atoms with van der Waals surface area (Å²) in [5.41, 5.74) is 9.86. The lowest BCUT2D eigenvalue weighted by molar-refractivity contribution is 0.203. The van der Waals surface area contributed by atoms with Crippen molar-refractivity contribution < 1.29 is 0 Å². The van der Waals surface area contributed by atoms with E-state index in [0.717, 1.165) is 13.1 Å². The van der Waals surface area contributed by atoms with E-state index in [0.29, 0.717) is 6.54 Å². The van der Waals surface area contributed by atoms with Crippen molar-refractivity contribution in [2.45, 2.75) is 26.4 Å². The van der Waals surface area contributed by atoms with Gasteiger partial charge in [0.1, 0.15) is 0 Å². The first-order valence-electron chi connectivity index (χ1n) is 7.14. The summed E-state index contributed by atoms with van der Waals surface area (Å²) in [6.07, 6.45) is 3.68. The molecule has 0 amide bonds. The molecule has 0 aliphatic carbocycles.